The zero-order valence-corrected chi connectivity index (χ0v) is 10.6. The second kappa shape index (κ2) is 5.25. The minimum absolute atomic E-state index is 0.107. The summed E-state index contributed by atoms with van der Waals surface area (Å²) in [7, 11) is 0. The summed E-state index contributed by atoms with van der Waals surface area (Å²) < 4.78 is 14.5. The summed E-state index contributed by atoms with van der Waals surface area (Å²) in [5.41, 5.74) is 1.88. The van der Waals surface area contributed by atoms with Crippen LogP contribution in [-0.4, -0.2) is 18.3 Å². The van der Waals surface area contributed by atoms with Crippen molar-refractivity contribution in [3.63, 3.8) is 0 Å². The Labute approximate surface area is 103 Å². The van der Waals surface area contributed by atoms with Crippen LogP contribution in [0.3, 0.4) is 0 Å². The molecule has 0 fully saturated rings. The van der Waals surface area contributed by atoms with E-state index < -0.39 is 0 Å². The molecule has 16 heavy (non-hydrogen) atoms. The Kier molecular flexibility index (Phi) is 3.95. The van der Waals surface area contributed by atoms with Gasteiger partial charge in [0.15, 0.2) is 0 Å². The lowest BCUT2D eigenvalue weighted by molar-refractivity contribution is 0.283. The highest BCUT2D eigenvalue weighted by Gasteiger charge is 2.26. The van der Waals surface area contributed by atoms with E-state index in [-0.39, 0.29) is 18.5 Å². The molecule has 1 atom stereocenters. The molecule has 1 unspecified atom stereocenters. The molecule has 2 N–H and O–H groups in total. The van der Waals surface area contributed by atoms with Gasteiger partial charge in [-0.05, 0) is 49.1 Å². The predicted molar refractivity (Wildman–Crippen MR) is 64.9 cm³/mol. The average Bonchev–Trinajstić information content (AvgIpc) is 2.69. The van der Waals surface area contributed by atoms with E-state index >= 15 is 0 Å². The first-order chi connectivity index (χ1) is 7.74. The van der Waals surface area contributed by atoms with Gasteiger partial charge < -0.3 is 10.4 Å². The lowest BCUT2D eigenvalue weighted by Crippen LogP contribution is -2.21. The quantitative estimate of drug-likeness (QED) is 0.835. The third-order valence-electron chi connectivity index (χ3n) is 3.00. The minimum Gasteiger partial charge on any atom is -0.396 e. The Bertz CT molecular complexity index is 384. The van der Waals surface area contributed by atoms with Crippen LogP contribution in [0.1, 0.15) is 30.0 Å². The number of halogens is 2. The second-order valence-electron chi connectivity index (χ2n) is 4.04. The predicted octanol–water partition coefficient (Wildman–Crippen LogP) is 2.55. The van der Waals surface area contributed by atoms with Crippen LogP contribution in [0.4, 0.5) is 4.39 Å². The van der Waals surface area contributed by atoms with Crippen molar-refractivity contribution in [2.75, 3.05) is 13.2 Å². The second-order valence-corrected chi connectivity index (χ2v) is 4.90. The SMILES string of the molecule is OCCCNC1CCc2c(F)ccc(Br)c21. The van der Waals surface area contributed by atoms with E-state index in [0.717, 1.165) is 41.4 Å². The van der Waals surface area contributed by atoms with Gasteiger partial charge in [0.1, 0.15) is 5.82 Å². The molecule has 0 heterocycles. The molecule has 0 bridgehead atoms. The number of benzene rings is 1. The number of aliphatic hydroxyl groups excluding tert-OH is 1. The van der Waals surface area contributed by atoms with Gasteiger partial charge in [-0.25, -0.2) is 4.39 Å². The van der Waals surface area contributed by atoms with Crippen molar-refractivity contribution >= 4 is 15.9 Å². The lowest BCUT2D eigenvalue weighted by atomic mass is 10.1. The highest BCUT2D eigenvalue weighted by atomic mass is 79.9. The molecule has 0 spiro atoms. The van der Waals surface area contributed by atoms with Gasteiger partial charge in [-0.3, -0.25) is 0 Å². The summed E-state index contributed by atoms with van der Waals surface area (Å²) in [6.45, 7) is 0.959. The third-order valence-corrected chi connectivity index (χ3v) is 3.70. The van der Waals surface area contributed by atoms with Gasteiger partial charge in [-0.2, -0.15) is 0 Å². The van der Waals surface area contributed by atoms with E-state index in [2.05, 4.69) is 21.2 Å². The van der Waals surface area contributed by atoms with Crippen LogP contribution >= 0.6 is 15.9 Å². The fourth-order valence-electron chi connectivity index (χ4n) is 2.23. The first kappa shape index (κ1) is 12.0. The standard InChI is InChI=1S/C12H15BrFNO/c13-9-3-4-10(14)8-2-5-11(12(8)9)15-6-1-7-16/h3-4,11,15-16H,1-2,5-7H2. The summed E-state index contributed by atoms with van der Waals surface area (Å²) in [6.07, 6.45) is 2.45. The van der Waals surface area contributed by atoms with Crippen molar-refractivity contribution in [2.45, 2.75) is 25.3 Å². The zero-order valence-electron chi connectivity index (χ0n) is 8.97. The van der Waals surface area contributed by atoms with Crippen molar-refractivity contribution in [1.82, 2.24) is 5.32 Å². The van der Waals surface area contributed by atoms with Crippen LogP contribution < -0.4 is 5.32 Å². The third kappa shape index (κ3) is 2.29. The van der Waals surface area contributed by atoms with Crippen LogP contribution in [0, 0.1) is 5.82 Å². The van der Waals surface area contributed by atoms with E-state index in [1.165, 1.54) is 6.07 Å². The summed E-state index contributed by atoms with van der Waals surface area (Å²) in [5, 5.41) is 12.1. The van der Waals surface area contributed by atoms with E-state index in [4.69, 9.17) is 5.11 Å². The largest absolute Gasteiger partial charge is 0.396 e. The summed E-state index contributed by atoms with van der Waals surface area (Å²) >= 11 is 3.47. The van der Waals surface area contributed by atoms with Crippen molar-refractivity contribution in [3.8, 4) is 0 Å². The molecular formula is C12H15BrFNO. The first-order valence-electron chi connectivity index (χ1n) is 5.55. The first-order valence-corrected chi connectivity index (χ1v) is 6.34. The molecule has 4 heteroatoms. The molecule has 1 aromatic carbocycles. The maximum Gasteiger partial charge on any atom is 0.126 e. The molecule has 0 saturated heterocycles. The topological polar surface area (TPSA) is 32.3 Å². The fourth-order valence-corrected chi connectivity index (χ4v) is 2.88. The van der Waals surface area contributed by atoms with Gasteiger partial charge in [-0.1, -0.05) is 15.9 Å². The highest BCUT2D eigenvalue weighted by Crippen LogP contribution is 2.37. The van der Waals surface area contributed by atoms with Crippen molar-refractivity contribution < 1.29 is 9.50 Å². The van der Waals surface area contributed by atoms with Crippen LogP contribution in [0.2, 0.25) is 0 Å². The summed E-state index contributed by atoms with van der Waals surface area (Å²) in [5.74, 6) is -0.107. The molecule has 0 aliphatic heterocycles. The van der Waals surface area contributed by atoms with E-state index in [1.807, 2.05) is 0 Å². The van der Waals surface area contributed by atoms with Gasteiger partial charge in [-0.15, -0.1) is 0 Å². The van der Waals surface area contributed by atoms with Crippen LogP contribution in [0.5, 0.6) is 0 Å². The molecule has 1 aliphatic rings. The Morgan fingerprint density at radius 1 is 1.50 bits per heavy atom. The van der Waals surface area contributed by atoms with Crippen molar-refractivity contribution in [2.24, 2.45) is 0 Å². The molecule has 88 valence electrons. The lowest BCUT2D eigenvalue weighted by Gasteiger charge is -2.15. The molecule has 1 aliphatic carbocycles. The fraction of sp³-hybridized carbons (Fsp3) is 0.500. The number of nitrogens with one attached hydrogen (secondary N) is 1. The Hall–Kier alpha value is -0.450. The molecule has 2 rings (SSSR count). The summed E-state index contributed by atoms with van der Waals surface area (Å²) in [4.78, 5) is 0. The van der Waals surface area contributed by atoms with Gasteiger partial charge >= 0.3 is 0 Å². The van der Waals surface area contributed by atoms with Gasteiger partial charge in [0.25, 0.3) is 0 Å². The molecule has 0 saturated carbocycles. The minimum atomic E-state index is -0.107. The molecule has 0 radical (unpaired) electrons. The normalized spacial score (nSPS) is 18.8. The smallest absolute Gasteiger partial charge is 0.126 e. The van der Waals surface area contributed by atoms with E-state index in [9.17, 15) is 4.39 Å². The molecule has 1 aromatic rings. The van der Waals surface area contributed by atoms with Gasteiger partial charge in [0, 0.05) is 17.1 Å². The molecule has 0 aromatic heterocycles. The van der Waals surface area contributed by atoms with Crippen LogP contribution in [0.25, 0.3) is 0 Å². The Morgan fingerprint density at radius 2 is 2.31 bits per heavy atom. The number of aliphatic hydroxyl groups is 1. The highest BCUT2D eigenvalue weighted by molar-refractivity contribution is 9.10. The number of fused-ring (bicyclic) bond motifs is 1. The van der Waals surface area contributed by atoms with Crippen molar-refractivity contribution in [1.29, 1.82) is 0 Å². The monoisotopic (exact) mass is 287 g/mol. The van der Waals surface area contributed by atoms with Gasteiger partial charge in [0.2, 0.25) is 0 Å². The molecule has 2 nitrogen and oxygen atoms in total. The average molecular weight is 288 g/mol. The zero-order chi connectivity index (χ0) is 11.5. The van der Waals surface area contributed by atoms with E-state index in [0.29, 0.717) is 0 Å². The van der Waals surface area contributed by atoms with Crippen LogP contribution in [0.15, 0.2) is 16.6 Å². The Morgan fingerprint density at radius 3 is 3.06 bits per heavy atom. The van der Waals surface area contributed by atoms with E-state index in [1.54, 1.807) is 6.07 Å². The molecular weight excluding hydrogens is 273 g/mol. The summed E-state index contributed by atoms with van der Waals surface area (Å²) in [6, 6.07) is 3.49. The number of hydrogen-bond donors (Lipinski definition) is 2. The number of rotatable bonds is 4. The maximum atomic E-state index is 13.5. The Balaban J connectivity index is 2.15. The van der Waals surface area contributed by atoms with Gasteiger partial charge in [0.05, 0.1) is 0 Å². The maximum absolute atomic E-state index is 13.5. The van der Waals surface area contributed by atoms with Crippen molar-refractivity contribution in [3.05, 3.63) is 33.5 Å². The molecule has 0 amide bonds. The van der Waals surface area contributed by atoms with Crippen LogP contribution in [-0.2, 0) is 6.42 Å². The number of hydrogen-bond acceptors (Lipinski definition) is 2.